The molecule has 1 aromatic heterocycles. The lowest BCUT2D eigenvalue weighted by Crippen LogP contribution is -2.16. The van der Waals surface area contributed by atoms with Gasteiger partial charge in [-0.2, -0.15) is 0 Å². The molecule has 92 valence electrons. The van der Waals surface area contributed by atoms with Crippen LogP contribution in [0.4, 0.5) is 0 Å². The maximum Gasteiger partial charge on any atom is 0.0456 e. The molecule has 0 aliphatic heterocycles. The first-order valence-corrected chi connectivity index (χ1v) is 6.63. The van der Waals surface area contributed by atoms with Crippen molar-refractivity contribution in [3.8, 4) is 0 Å². The molecule has 1 nitrogen and oxygen atoms in total. The van der Waals surface area contributed by atoms with Crippen LogP contribution in [0.3, 0.4) is 0 Å². The molecule has 1 heterocycles. The molecule has 2 rings (SSSR count). The molecule has 0 spiro atoms. The quantitative estimate of drug-likeness (QED) is 0.764. The Balaban J connectivity index is 2.34. The summed E-state index contributed by atoms with van der Waals surface area (Å²) in [5.74, 6) is 0. The van der Waals surface area contributed by atoms with E-state index >= 15 is 0 Å². The summed E-state index contributed by atoms with van der Waals surface area (Å²) in [7, 11) is 0. The average Bonchev–Trinajstić information content (AvgIpc) is 2.65. The van der Waals surface area contributed by atoms with Crippen LogP contribution in [-0.4, -0.2) is 4.98 Å². The lowest BCUT2D eigenvalue weighted by molar-refractivity contribution is 0.458. The number of hydrogen-bond acceptors (Lipinski definition) is 0. The number of hydrogen-bond donors (Lipinski definition) is 1. The molecular weight excluding hydrogens is 206 g/mol. The highest BCUT2D eigenvalue weighted by Gasteiger charge is 2.20. The van der Waals surface area contributed by atoms with Gasteiger partial charge in [-0.3, -0.25) is 0 Å². The Morgan fingerprint density at radius 2 is 1.94 bits per heavy atom. The van der Waals surface area contributed by atoms with Gasteiger partial charge >= 0.3 is 0 Å². The Labute approximate surface area is 104 Å². The van der Waals surface area contributed by atoms with Gasteiger partial charge in [-0.05, 0) is 47.9 Å². The predicted octanol–water partition coefficient (Wildman–Crippen LogP) is 4.94. The zero-order valence-corrected chi connectivity index (χ0v) is 11.4. The third-order valence-corrected chi connectivity index (χ3v) is 3.69. The fourth-order valence-corrected chi connectivity index (χ4v) is 2.46. The van der Waals surface area contributed by atoms with E-state index in [1.54, 1.807) is 0 Å². The fourth-order valence-electron chi connectivity index (χ4n) is 2.46. The summed E-state index contributed by atoms with van der Waals surface area (Å²) in [6.45, 7) is 9.07. The summed E-state index contributed by atoms with van der Waals surface area (Å²) >= 11 is 0. The molecule has 0 aliphatic carbocycles. The topological polar surface area (TPSA) is 15.8 Å². The number of aromatic nitrogens is 1. The fraction of sp³-hybridized carbons (Fsp3) is 0.500. The van der Waals surface area contributed by atoms with Gasteiger partial charge < -0.3 is 4.98 Å². The largest absolute Gasteiger partial charge is 0.359 e. The Morgan fingerprint density at radius 1 is 1.18 bits per heavy atom. The van der Waals surface area contributed by atoms with Crippen molar-refractivity contribution >= 4 is 10.9 Å². The first-order chi connectivity index (χ1) is 8.03. The molecule has 1 N–H and O–H groups in total. The smallest absolute Gasteiger partial charge is 0.0456 e. The van der Waals surface area contributed by atoms with E-state index < -0.39 is 0 Å². The van der Waals surface area contributed by atoms with E-state index in [0.29, 0.717) is 0 Å². The molecule has 1 aromatic carbocycles. The number of H-pyrrole nitrogens is 1. The van der Waals surface area contributed by atoms with E-state index in [0.717, 1.165) is 0 Å². The van der Waals surface area contributed by atoms with Crippen molar-refractivity contribution in [1.29, 1.82) is 0 Å². The van der Waals surface area contributed by atoms with Gasteiger partial charge in [-0.25, -0.2) is 0 Å². The molecule has 2 aromatic rings. The van der Waals surface area contributed by atoms with Gasteiger partial charge in [0, 0.05) is 11.2 Å². The molecular formula is C16H23N. The minimum atomic E-state index is 0.287. The van der Waals surface area contributed by atoms with Crippen molar-refractivity contribution in [2.75, 3.05) is 0 Å². The summed E-state index contributed by atoms with van der Waals surface area (Å²) in [6, 6.07) is 9.06. The van der Waals surface area contributed by atoms with Crippen LogP contribution in [0.5, 0.6) is 0 Å². The summed E-state index contributed by atoms with van der Waals surface area (Å²) < 4.78 is 0. The van der Waals surface area contributed by atoms with E-state index in [1.165, 1.54) is 41.4 Å². The molecule has 0 unspecified atom stereocenters. The van der Waals surface area contributed by atoms with Crippen LogP contribution < -0.4 is 0 Å². The number of aryl methyl sites for hydroxylation is 1. The summed E-state index contributed by atoms with van der Waals surface area (Å²) in [6.07, 6.45) is 3.84. The zero-order chi connectivity index (χ0) is 12.5. The molecule has 17 heavy (non-hydrogen) atoms. The van der Waals surface area contributed by atoms with E-state index in [9.17, 15) is 0 Å². The van der Waals surface area contributed by atoms with Crippen molar-refractivity contribution in [3.63, 3.8) is 0 Å². The van der Waals surface area contributed by atoms with Crippen LogP contribution >= 0.6 is 0 Å². The van der Waals surface area contributed by atoms with Gasteiger partial charge in [0.15, 0.2) is 0 Å². The Bertz CT molecular complexity index is 505. The zero-order valence-electron chi connectivity index (χ0n) is 11.4. The van der Waals surface area contributed by atoms with Crippen molar-refractivity contribution in [3.05, 3.63) is 35.5 Å². The molecule has 0 radical (unpaired) electrons. The summed E-state index contributed by atoms with van der Waals surface area (Å²) in [5.41, 5.74) is 4.23. The highest BCUT2D eigenvalue weighted by molar-refractivity contribution is 5.81. The molecule has 0 atom stereocenters. The number of rotatable bonds is 4. The Morgan fingerprint density at radius 3 is 2.65 bits per heavy atom. The average molecular weight is 229 g/mol. The molecule has 0 saturated heterocycles. The standard InChI is InChI=1S/C16H23N/c1-5-6-9-16(3,4)14-7-8-15-13(11-14)10-12(2)17-15/h7-8,10-11,17H,5-6,9H2,1-4H3. The minimum absolute atomic E-state index is 0.287. The van der Waals surface area contributed by atoms with Crippen LogP contribution in [0, 0.1) is 6.92 Å². The number of aromatic amines is 1. The van der Waals surface area contributed by atoms with E-state index in [1.807, 2.05) is 0 Å². The number of unbranched alkanes of at least 4 members (excludes halogenated alkanes) is 1. The van der Waals surface area contributed by atoms with Gasteiger partial charge in [0.2, 0.25) is 0 Å². The second-order valence-corrected chi connectivity index (χ2v) is 5.74. The third kappa shape index (κ3) is 2.54. The second-order valence-electron chi connectivity index (χ2n) is 5.74. The normalized spacial score (nSPS) is 12.2. The molecule has 0 saturated carbocycles. The molecule has 0 aliphatic rings. The monoisotopic (exact) mass is 229 g/mol. The number of fused-ring (bicyclic) bond motifs is 1. The first kappa shape index (κ1) is 12.2. The van der Waals surface area contributed by atoms with Gasteiger partial charge in [0.25, 0.3) is 0 Å². The van der Waals surface area contributed by atoms with Gasteiger partial charge in [-0.1, -0.05) is 39.7 Å². The van der Waals surface area contributed by atoms with Crippen LogP contribution in [-0.2, 0) is 5.41 Å². The molecule has 0 amide bonds. The Kier molecular flexibility index (Phi) is 3.28. The lowest BCUT2D eigenvalue weighted by atomic mass is 9.80. The van der Waals surface area contributed by atoms with Crippen LogP contribution in [0.2, 0.25) is 0 Å². The van der Waals surface area contributed by atoms with Crippen LogP contribution in [0.15, 0.2) is 24.3 Å². The number of benzene rings is 1. The summed E-state index contributed by atoms with van der Waals surface area (Å²) in [4.78, 5) is 3.38. The van der Waals surface area contributed by atoms with E-state index in [4.69, 9.17) is 0 Å². The van der Waals surface area contributed by atoms with Crippen molar-refractivity contribution in [1.82, 2.24) is 4.98 Å². The first-order valence-electron chi connectivity index (χ1n) is 6.63. The van der Waals surface area contributed by atoms with E-state index in [-0.39, 0.29) is 5.41 Å². The molecule has 0 fully saturated rings. The van der Waals surface area contributed by atoms with E-state index in [2.05, 4.69) is 56.9 Å². The van der Waals surface area contributed by atoms with Gasteiger partial charge in [0.1, 0.15) is 0 Å². The summed E-state index contributed by atoms with van der Waals surface area (Å²) in [5, 5.41) is 1.34. The predicted molar refractivity (Wildman–Crippen MR) is 75.6 cm³/mol. The highest BCUT2D eigenvalue weighted by atomic mass is 14.7. The van der Waals surface area contributed by atoms with Crippen LogP contribution in [0.1, 0.15) is 51.3 Å². The van der Waals surface area contributed by atoms with Crippen molar-refractivity contribution in [2.45, 2.75) is 52.4 Å². The van der Waals surface area contributed by atoms with Crippen LogP contribution in [0.25, 0.3) is 10.9 Å². The Hall–Kier alpha value is -1.24. The lowest BCUT2D eigenvalue weighted by Gasteiger charge is -2.25. The van der Waals surface area contributed by atoms with Crippen molar-refractivity contribution in [2.24, 2.45) is 0 Å². The maximum atomic E-state index is 3.38. The maximum absolute atomic E-state index is 3.38. The highest BCUT2D eigenvalue weighted by Crippen LogP contribution is 2.31. The number of nitrogens with one attached hydrogen (secondary N) is 1. The third-order valence-electron chi connectivity index (χ3n) is 3.69. The van der Waals surface area contributed by atoms with Gasteiger partial charge in [-0.15, -0.1) is 0 Å². The van der Waals surface area contributed by atoms with Crippen molar-refractivity contribution < 1.29 is 0 Å². The molecule has 1 heteroatoms. The SMILES string of the molecule is CCCCC(C)(C)c1ccc2[nH]c(C)cc2c1. The molecule has 0 bridgehead atoms. The van der Waals surface area contributed by atoms with Gasteiger partial charge in [0.05, 0.1) is 0 Å². The second kappa shape index (κ2) is 4.56. The minimum Gasteiger partial charge on any atom is -0.359 e.